The fourth-order valence-corrected chi connectivity index (χ4v) is 5.17. The number of ether oxygens (including phenoxy) is 1. The van der Waals surface area contributed by atoms with Crippen molar-refractivity contribution >= 4 is 50.6 Å². The Morgan fingerprint density at radius 3 is 2.59 bits per heavy atom. The molecule has 0 spiro atoms. The molecule has 0 atom stereocenters. The molecule has 0 N–H and O–H groups in total. The van der Waals surface area contributed by atoms with Crippen molar-refractivity contribution in [2.24, 2.45) is 4.40 Å². The largest absolute Gasteiger partial charge is 0.465 e. The molecule has 1 aromatic carbocycles. The number of hydrogen-bond donors (Lipinski definition) is 0. The molecule has 1 heterocycles. The van der Waals surface area contributed by atoms with Gasteiger partial charge in [0.1, 0.15) is 4.21 Å². The number of ketones is 1. The summed E-state index contributed by atoms with van der Waals surface area (Å²) in [5.41, 5.74) is 0.972. The molecule has 3 rings (SSSR count). The van der Waals surface area contributed by atoms with E-state index >= 15 is 0 Å². The van der Waals surface area contributed by atoms with Gasteiger partial charge in [-0.05, 0) is 24.4 Å². The molecule has 0 aliphatic heterocycles. The topological polar surface area (TPSA) is 89.9 Å². The first kappa shape index (κ1) is 19.5. The summed E-state index contributed by atoms with van der Waals surface area (Å²) in [6.45, 7) is 1.95. The zero-order valence-electron chi connectivity index (χ0n) is 14.2. The van der Waals surface area contributed by atoms with Crippen LogP contribution in [-0.4, -0.2) is 38.2 Å². The van der Waals surface area contributed by atoms with Crippen LogP contribution in [0.2, 0.25) is 0 Å². The second kappa shape index (κ2) is 8.20. The van der Waals surface area contributed by atoms with Gasteiger partial charge in [-0.1, -0.05) is 30.3 Å². The van der Waals surface area contributed by atoms with Crippen molar-refractivity contribution in [1.29, 1.82) is 0 Å². The summed E-state index contributed by atoms with van der Waals surface area (Å²) in [5.74, 6) is -0.759. The number of sulfonamides is 1. The van der Waals surface area contributed by atoms with Crippen LogP contribution in [-0.2, 0) is 19.6 Å². The Balaban J connectivity index is 2.01. The maximum absolute atomic E-state index is 12.7. The lowest BCUT2D eigenvalue weighted by molar-refractivity contribution is -0.139. The van der Waals surface area contributed by atoms with Crippen molar-refractivity contribution in [2.45, 2.75) is 11.1 Å². The van der Waals surface area contributed by atoms with E-state index < -0.39 is 16.0 Å². The highest BCUT2D eigenvalue weighted by Gasteiger charge is 2.27. The number of carbonyl (C=O) groups is 2. The molecule has 0 unspecified atom stereocenters. The smallest absolute Gasteiger partial charge is 0.316 e. The van der Waals surface area contributed by atoms with E-state index in [1.165, 1.54) is 12.1 Å². The molecule has 1 aliphatic rings. The maximum atomic E-state index is 12.7. The van der Waals surface area contributed by atoms with Crippen LogP contribution in [0, 0.1) is 0 Å². The van der Waals surface area contributed by atoms with Crippen molar-refractivity contribution < 1.29 is 22.7 Å². The van der Waals surface area contributed by atoms with Crippen molar-refractivity contribution in [2.75, 3.05) is 12.4 Å². The SMILES string of the molecule is CCOC(=O)CSC1=CC(=NS(=O)(=O)c2cccs2)c2ccccc2C1=O. The summed E-state index contributed by atoms with van der Waals surface area (Å²) >= 11 is 2.08. The van der Waals surface area contributed by atoms with E-state index in [0.29, 0.717) is 11.1 Å². The first-order valence-corrected chi connectivity index (χ1v) is 11.3. The average molecular weight is 422 g/mol. The molecule has 27 heavy (non-hydrogen) atoms. The molecule has 0 saturated heterocycles. The number of thiophene rings is 1. The highest BCUT2D eigenvalue weighted by molar-refractivity contribution is 8.04. The van der Waals surface area contributed by atoms with Crippen LogP contribution in [0.1, 0.15) is 22.8 Å². The van der Waals surface area contributed by atoms with E-state index in [2.05, 4.69) is 4.40 Å². The first-order chi connectivity index (χ1) is 12.9. The average Bonchev–Trinajstić information content (AvgIpc) is 3.19. The number of rotatable bonds is 6. The standard InChI is InChI=1S/C18H15NO5S3/c1-2-24-16(20)11-26-15-10-14(12-6-3-4-7-13(12)18(15)21)19-27(22,23)17-8-5-9-25-17/h3-10H,2,11H2,1H3. The molecular formula is C18H15NO5S3. The summed E-state index contributed by atoms with van der Waals surface area (Å²) in [4.78, 5) is 24.5. The van der Waals surface area contributed by atoms with E-state index in [9.17, 15) is 18.0 Å². The van der Waals surface area contributed by atoms with Gasteiger partial charge in [0.15, 0.2) is 5.78 Å². The Bertz CT molecular complexity index is 1040. The summed E-state index contributed by atoms with van der Waals surface area (Å²) in [7, 11) is -3.89. The van der Waals surface area contributed by atoms with Crippen LogP contribution >= 0.6 is 23.1 Å². The Kier molecular flexibility index (Phi) is 5.93. The summed E-state index contributed by atoms with van der Waals surface area (Å²) < 4.78 is 34.0. The number of allylic oxidation sites excluding steroid dienone is 2. The number of nitrogens with zero attached hydrogens (tertiary/aromatic N) is 1. The molecular weight excluding hydrogens is 406 g/mol. The molecule has 0 amide bonds. The quantitative estimate of drug-likeness (QED) is 0.665. The molecule has 6 nitrogen and oxygen atoms in total. The minimum Gasteiger partial charge on any atom is -0.465 e. The molecule has 0 saturated carbocycles. The fraction of sp³-hybridized carbons (Fsp3) is 0.167. The van der Waals surface area contributed by atoms with Crippen LogP contribution in [0.3, 0.4) is 0 Å². The van der Waals surface area contributed by atoms with Gasteiger partial charge in [0.25, 0.3) is 10.0 Å². The minimum absolute atomic E-state index is 0.0431. The Morgan fingerprint density at radius 2 is 1.93 bits per heavy atom. The number of Topliss-reactive ketones (excluding diaryl/α,β-unsaturated/α-hetero) is 1. The van der Waals surface area contributed by atoms with E-state index in [4.69, 9.17) is 4.74 Å². The third kappa shape index (κ3) is 4.37. The van der Waals surface area contributed by atoms with Crippen LogP contribution < -0.4 is 0 Å². The number of esters is 1. The normalized spacial score (nSPS) is 15.4. The third-order valence-electron chi connectivity index (χ3n) is 3.56. The fourth-order valence-electron chi connectivity index (χ4n) is 2.41. The van der Waals surface area contributed by atoms with E-state index in [1.54, 1.807) is 42.6 Å². The summed E-state index contributed by atoms with van der Waals surface area (Å²) in [5, 5.41) is 1.65. The Hall–Kier alpha value is -2.23. The molecule has 0 fully saturated rings. The van der Waals surface area contributed by atoms with E-state index in [-0.39, 0.29) is 33.0 Å². The zero-order chi connectivity index (χ0) is 19.4. The monoisotopic (exact) mass is 421 g/mol. The number of thioether (sulfide) groups is 1. The van der Waals surface area contributed by atoms with Gasteiger partial charge in [0.05, 0.1) is 23.0 Å². The van der Waals surface area contributed by atoms with Gasteiger partial charge in [-0.2, -0.15) is 12.8 Å². The van der Waals surface area contributed by atoms with Gasteiger partial charge in [-0.25, -0.2) is 0 Å². The van der Waals surface area contributed by atoms with Gasteiger partial charge in [0.2, 0.25) is 0 Å². The summed E-state index contributed by atoms with van der Waals surface area (Å²) in [6.07, 6.45) is 1.42. The van der Waals surface area contributed by atoms with Crippen molar-refractivity contribution in [3.05, 3.63) is 63.9 Å². The number of benzene rings is 1. The van der Waals surface area contributed by atoms with E-state index in [1.807, 2.05) is 0 Å². The molecule has 1 aliphatic carbocycles. The molecule has 1 aromatic heterocycles. The van der Waals surface area contributed by atoms with Gasteiger partial charge in [-0.3, -0.25) is 9.59 Å². The van der Waals surface area contributed by atoms with Gasteiger partial charge in [0, 0.05) is 11.1 Å². The number of carbonyl (C=O) groups excluding carboxylic acids is 2. The molecule has 0 bridgehead atoms. The van der Waals surface area contributed by atoms with Gasteiger partial charge < -0.3 is 4.74 Å². The first-order valence-electron chi connectivity index (χ1n) is 7.95. The lowest BCUT2D eigenvalue weighted by atomic mass is 9.94. The number of fused-ring (bicyclic) bond motifs is 1. The third-order valence-corrected chi connectivity index (χ3v) is 7.22. The van der Waals surface area contributed by atoms with Crippen molar-refractivity contribution in [1.82, 2.24) is 0 Å². The van der Waals surface area contributed by atoms with E-state index in [0.717, 1.165) is 23.1 Å². The highest BCUT2D eigenvalue weighted by Crippen LogP contribution is 2.30. The van der Waals surface area contributed by atoms with Gasteiger partial charge in [-0.15, -0.1) is 23.1 Å². The van der Waals surface area contributed by atoms with Crippen LogP contribution in [0.4, 0.5) is 0 Å². The van der Waals surface area contributed by atoms with Crippen molar-refractivity contribution in [3.63, 3.8) is 0 Å². The molecule has 140 valence electrons. The lowest BCUT2D eigenvalue weighted by Crippen LogP contribution is -2.18. The Morgan fingerprint density at radius 1 is 1.19 bits per heavy atom. The van der Waals surface area contributed by atoms with Crippen LogP contribution in [0.15, 0.2) is 61.4 Å². The Labute approximate surface area is 165 Å². The molecule has 2 aromatic rings. The predicted molar refractivity (Wildman–Crippen MR) is 106 cm³/mol. The van der Waals surface area contributed by atoms with Crippen molar-refractivity contribution in [3.8, 4) is 0 Å². The lowest BCUT2D eigenvalue weighted by Gasteiger charge is -2.16. The molecule has 0 radical (unpaired) electrons. The second-order valence-electron chi connectivity index (χ2n) is 5.36. The highest BCUT2D eigenvalue weighted by atomic mass is 32.2. The second-order valence-corrected chi connectivity index (χ2v) is 9.16. The molecule has 9 heteroatoms. The van der Waals surface area contributed by atoms with Gasteiger partial charge >= 0.3 is 5.97 Å². The summed E-state index contributed by atoms with van der Waals surface area (Å²) in [6, 6.07) is 9.78. The van der Waals surface area contributed by atoms with Crippen LogP contribution in [0.25, 0.3) is 0 Å². The number of hydrogen-bond acceptors (Lipinski definition) is 7. The minimum atomic E-state index is -3.89. The maximum Gasteiger partial charge on any atom is 0.316 e. The predicted octanol–water partition coefficient (Wildman–Crippen LogP) is 3.30. The van der Waals surface area contributed by atoms with Crippen LogP contribution in [0.5, 0.6) is 0 Å². The zero-order valence-corrected chi connectivity index (χ0v) is 16.7.